The summed E-state index contributed by atoms with van der Waals surface area (Å²) in [7, 11) is 1.95. The fourth-order valence-corrected chi connectivity index (χ4v) is 1.36. The van der Waals surface area contributed by atoms with Gasteiger partial charge in [0.1, 0.15) is 0 Å². The number of thiazole rings is 1. The van der Waals surface area contributed by atoms with E-state index in [1.807, 2.05) is 29.9 Å². The molecule has 0 aromatic carbocycles. The SMILES string of the molecule is CCN(C)/N=C(\C)c1cscn1. The van der Waals surface area contributed by atoms with Gasteiger partial charge in [0.25, 0.3) is 0 Å². The van der Waals surface area contributed by atoms with Gasteiger partial charge in [-0.05, 0) is 13.8 Å². The fraction of sp³-hybridized carbons (Fsp3) is 0.500. The van der Waals surface area contributed by atoms with Crippen molar-refractivity contribution in [2.45, 2.75) is 13.8 Å². The second kappa shape index (κ2) is 4.21. The lowest BCUT2D eigenvalue weighted by molar-refractivity contribution is 0.375. The van der Waals surface area contributed by atoms with Gasteiger partial charge < -0.3 is 5.01 Å². The number of nitrogens with zero attached hydrogens (tertiary/aromatic N) is 3. The van der Waals surface area contributed by atoms with Gasteiger partial charge in [0.15, 0.2) is 0 Å². The third-order valence-electron chi connectivity index (χ3n) is 1.58. The fourth-order valence-electron chi connectivity index (χ4n) is 0.769. The molecule has 0 unspecified atom stereocenters. The Morgan fingerprint density at radius 2 is 2.50 bits per heavy atom. The Bertz CT molecular complexity index is 253. The average molecular weight is 183 g/mol. The van der Waals surface area contributed by atoms with Gasteiger partial charge in [-0.1, -0.05) is 0 Å². The molecule has 66 valence electrons. The lowest BCUT2D eigenvalue weighted by Gasteiger charge is -2.09. The molecule has 0 atom stereocenters. The normalized spacial score (nSPS) is 11.8. The summed E-state index contributed by atoms with van der Waals surface area (Å²) < 4.78 is 0. The van der Waals surface area contributed by atoms with Crippen LogP contribution in [-0.4, -0.2) is 29.3 Å². The Balaban J connectivity index is 2.71. The molecule has 0 bridgehead atoms. The van der Waals surface area contributed by atoms with Crippen LogP contribution in [0.4, 0.5) is 0 Å². The van der Waals surface area contributed by atoms with Gasteiger partial charge in [0.2, 0.25) is 0 Å². The summed E-state index contributed by atoms with van der Waals surface area (Å²) >= 11 is 1.59. The molecule has 0 amide bonds. The van der Waals surface area contributed by atoms with E-state index in [2.05, 4.69) is 17.0 Å². The molecule has 0 saturated heterocycles. The summed E-state index contributed by atoms with van der Waals surface area (Å²) in [6.07, 6.45) is 0. The number of hydrogen-bond acceptors (Lipinski definition) is 4. The highest BCUT2D eigenvalue weighted by Crippen LogP contribution is 2.03. The molecule has 0 fully saturated rings. The summed E-state index contributed by atoms with van der Waals surface area (Å²) in [5.41, 5.74) is 3.77. The van der Waals surface area contributed by atoms with Gasteiger partial charge in [0, 0.05) is 19.0 Å². The van der Waals surface area contributed by atoms with Crippen LogP contribution in [0.5, 0.6) is 0 Å². The summed E-state index contributed by atoms with van der Waals surface area (Å²) in [5, 5.41) is 8.23. The quantitative estimate of drug-likeness (QED) is 0.528. The van der Waals surface area contributed by atoms with Gasteiger partial charge >= 0.3 is 0 Å². The van der Waals surface area contributed by atoms with Crippen LogP contribution in [0.15, 0.2) is 16.0 Å². The summed E-state index contributed by atoms with van der Waals surface area (Å²) in [6, 6.07) is 0. The molecular formula is C8H13N3S. The molecule has 0 saturated carbocycles. The van der Waals surface area contributed by atoms with E-state index in [-0.39, 0.29) is 0 Å². The van der Waals surface area contributed by atoms with E-state index >= 15 is 0 Å². The molecular weight excluding hydrogens is 170 g/mol. The first kappa shape index (κ1) is 9.19. The maximum Gasteiger partial charge on any atom is 0.0968 e. The first-order chi connectivity index (χ1) is 5.74. The van der Waals surface area contributed by atoms with E-state index in [9.17, 15) is 0 Å². The maximum absolute atomic E-state index is 4.33. The van der Waals surface area contributed by atoms with Crippen molar-refractivity contribution in [3.63, 3.8) is 0 Å². The number of rotatable bonds is 3. The smallest absolute Gasteiger partial charge is 0.0968 e. The van der Waals surface area contributed by atoms with Crippen molar-refractivity contribution in [3.05, 3.63) is 16.6 Å². The van der Waals surface area contributed by atoms with Crippen LogP contribution in [-0.2, 0) is 0 Å². The second-order valence-electron chi connectivity index (χ2n) is 2.53. The number of hydrazone groups is 1. The third kappa shape index (κ3) is 2.30. The molecule has 0 spiro atoms. The zero-order chi connectivity index (χ0) is 8.97. The molecule has 0 aliphatic heterocycles. The van der Waals surface area contributed by atoms with Crippen LogP contribution in [0.2, 0.25) is 0 Å². The Labute approximate surface area is 76.7 Å². The van der Waals surface area contributed by atoms with Gasteiger partial charge in [-0.15, -0.1) is 11.3 Å². The van der Waals surface area contributed by atoms with Crippen LogP contribution in [0.25, 0.3) is 0 Å². The Morgan fingerprint density at radius 3 is 3.00 bits per heavy atom. The minimum atomic E-state index is 0.918. The standard InChI is InChI=1S/C8H13N3S/c1-4-11(3)10-7(2)8-5-12-6-9-8/h5-6H,4H2,1-3H3/b10-7+. The Morgan fingerprint density at radius 1 is 1.75 bits per heavy atom. The topological polar surface area (TPSA) is 28.5 Å². The zero-order valence-electron chi connectivity index (χ0n) is 7.61. The van der Waals surface area contributed by atoms with Gasteiger partial charge in [-0.3, -0.25) is 0 Å². The predicted octanol–water partition coefficient (Wildman–Crippen LogP) is 1.82. The summed E-state index contributed by atoms with van der Waals surface area (Å²) in [4.78, 5) is 4.16. The molecule has 0 radical (unpaired) electrons. The minimum absolute atomic E-state index is 0.918. The van der Waals surface area contributed by atoms with Crippen LogP contribution in [0.3, 0.4) is 0 Å². The second-order valence-corrected chi connectivity index (χ2v) is 3.25. The summed E-state index contributed by atoms with van der Waals surface area (Å²) in [6.45, 7) is 4.96. The van der Waals surface area contributed by atoms with Gasteiger partial charge in [-0.2, -0.15) is 5.10 Å². The molecule has 1 rings (SSSR count). The zero-order valence-corrected chi connectivity index (χ0v) is 8.43. The van der Waals surface area contributed by atoms with Crippen molar-refractivity contribution in [1.82, 2.24) is 9.99 Å². The molecule has 0 aliphatic rings. The van der Waals surface area contributed by atoms with E-state index in [1.165, 1.54) is 0 Å². The number of aromatic nitrogens is 1. The first-order valence-corrected chi connectivity index (χ1v) is 4.83. The van der Waals surface area contributed by atoms with E-state index in [0.717, 1.165) is 18.0 Å². The van der Waals surface area contributed by atoms with Crippen molar-refractivity contribution in [3.8, 4) is 0 Å². The van der Waals surface area contributed by atoms with Gasteiger partial charge in [-0.25, -0.2) is 4.98 Å². The Kier molecular flexibility index (Phi) is 3.22. The lowest BCUT2D eigenvalue weighted by atomic mass is 10.3. The molecule has 1 aromatic heterocycles. The largest absolute Gasteiger partial charge is 0.300 e. The number of hydrogen-bond donors (Lipinski definition) is 0. The molecule has 3 nitrogen and oxygen atoms in total. The maximum atomic E-state index is 4.33. The predicted molar refractivity (Wildman–Crippen MR) is 52.6 cm³/mol. The molecule has 0 N–H and O–H groups in total. The molecule has 4 heteroatoms. The molecule has 0 aliphatic carbocycles. The third-order valence-corrected chi connectivity index (χ3v) is 2.17. The van der Waals surface area contributed by atoms with Crippen molar-refractivity contribution in [2.75, 3.05) is 13.6 Å². The van der Waals surface area contributed by atoms with Crippen LogP contribution < -0.4 is 0 Å². The van der Waals surface area contributed by atoms with E-state index in [0.29, 0.717) is 0 Å². The minimum Gasteiger partial charge on any atom is -0.300 e. The highest BCUT2D eigenvalue weighted by Gasteiger charge is 1.99. The monoisotopic (exact) mass is 183 g/mol. The van der Waals surface area contributed by atoms with Crippen molar-refractivity contribution in [2.24, 2.45) is 5.10 Å². The molecule has 12 heavy (non-hydrogen) atoms. The molecule has 1 aromatic rings. The Hall–Kier alpha value is -0.900. The average Bonchev–Trinajstić information content (AvgIpc) is 2.56. The summed E-state index contributed by atoms with van der Waals surface area (Å²) in [5.74, 6) is 0. The van der Waals surface area contributed by atoms with Crippen molar-refractivity contribution < 1.29 is 0 Å². The van der Waals surface area contributed by atoms with E-state index in [4.69, 9.17) is 0 Å². The van der Waals surface area contributed by atoms with Crippen LogP contribution in [0, 0.1) is 0 Å². The van der Waals surface area contributed by atoms with Crippen LogP contribution >= 0.6 is 11.3 Å². The van der Waals surface area contributed by atoms with E-state index in [1.54, 1.807) is 11.3 Å². The van der Waals surface area contributed by atoms with Crippen LogP contribution in [0.1, 0.15) is 19.5 Å². The lowest BCUT2D eigenvalue weighted by Crippen LogP contribution is -2.12. The highest BCUT2D eigenvalue weighted by molar-refractivity contribution is 7.07. The van der Waals surface area contributed by atoms with Crippen molar-refractivity contribution >= 4 is 17.0 Å². The van der Waals surface area contributed by atoms with Gasteiger partial charge in [0.05, 0.1) is 16.9 Å². The van der Waals surface area contributed by atoms with E-state index < -0.39 is 0 Å². The highest BCUT2D eigenvalue weighted by atomic mass is 32.1. The first-order valence-electron chi connectivity index (χ1n) is 3.89. The molecule has 1 heterocycles. The van der Waals surface area contributed by atoms with Crippen molar-refractivity contribution in [1.29, 1.82) is 0 Å².